The van der Waals surface area contributed by atoms with Crippen molar-refractivity contribution >= 4 is 23.2 Å². The lowest BCUT2D eigenvalue weighted by atomic mass is 10.0. The van der Waals surface area contributed by atoms with Gasteiger partial charge in [-0.3, -0.25) is 14.9 Å². The van der Waals surface area contributed by atoms with Gasteiger partial charge in [0, 0.05) is 12.1 Å². The van der Waals surface area contributed by atoms with Crippen LogP contribution in [0.2, 0.25) is 0 Å². The van der Waals surface area contributed by atoms with Crippen molar-refractivity contribution in [2.45, 2.75) is 24.4 Å². The number of carbonyl (C=O) groups is 1. The molecular formula is C12H15ClN2O5. The van der Waals surface area contributed by atoms with Crippen LogP contribution in [0.15, 0.2) is 24.3 Å². The summed E-state index contributed by atoms with van der Waals surface area (Å²) in [6.45, 7) is 0.969. The second-order valence-corrected chi connectivity index (χ2v) is 4.86. The molecule has 0 aromatic heterocycles. The molecule has 0 radical (unpaired) electrons. The molecule has 3 atom stereocenters. The molecule has 0 bridgehead atoms. The molecule has 110 valence electrons. The maximum Gasteiger partial charge on any atom is 0.269 e. The van der Waals surface area contributed by atoms with E-state index in [0.717, 1.165) is 0 Å². The molecule has 0 heterocycles. The number of nitrogens with zero attached hydrogens (tertiary/aromatic N) is 1. The maximum atomic E-state index is 11.4. The molecule has 7 nitrogen and oxygen atoms in total. The lowest BCUT2D eigenvalue weighted by Crippen LogP contribution is -2.44. The van der Waals surface area contributed by atoms with E-state index < -0.39 is 35.0 Å². The van der Waals surface area contributed by atoms with Crippen LogP contribution < -0.4 is 5.32 Å². The molecule has 1 aromatic rings. The highest BCUT2D eigenvalue weighted by molar-refractivity contribution is 6.30. The summed E-state index contributed by atoms with van der Waals surface area (Å²) < 4.78 is 0. The van der Waals surface area contributed by atoms with E-state index in [2.05, 4.69) is 5.32 Å². The number of aliphatic hydroxyl groups excluding tert-OH is 2. The van der Waals surface area contributed by atoms with Crippen LogP contribution >= 0.6 is 11.6 Å². The number of hydrogen-bond donors (Lipinski definition) is 3. The van der Waals surface area contributed by atoms with E-state index in [9.17, 15) is 25.1 Å². The molecule has 8 heteroatoms. The van der Waals surface area contributed by atoms with Crippen LogP contribution in [0.25, 0.3) is 0 Å². The molecule has 1 aromatic carbocycles. The van der Waals surface area contributed by atoms with E-state index in [1.54, 1.807) is 0 Å². The van der Waals surface area contributed by atoms with Crippen LogP contribution in [0.5, 0.6) is 0 Å². The first-order valence-electron chi connectivity index (χ1n) is 5.84. The van der Waals surface area contributed by atoms with E-state index in [4.69, 9.17) is 11.6 Å². The molecule has 0 fully saturated rings. The number of nitro groups is 1. The summed E-state index contributed by atoms with van der Waals surface area (Å²) in [6, 6.07) is 4.26. The van der Waals surface area contributed by atoms with E-state index in [1.807, 2.05) is 0 Å². The van der Waals surface area contributed by atoms with Gasteiger partial charge < -0.3 is 15.5 Å². The molecule has 0 aliphatic heterocycles. The van der Waals surface area contributed by atoms with Crippen molar-refractivity contribution in [3.8, 4) is 0 Å². The summed E-state index contributed by atoms with van der Waals surface area (Å²) in [4.78, 5) is 21.4. The Morgan fingerprint density at radius 3 is 2.40 bits per heavy atom. The van der Waals surface area contributed by atoms with Crippen molar-refractivity contribution in [2.75, 3.05) is 6.61 Å². The van der Waals surface area contributed by atoms with Crippen LogP contribution in [-0.4, -0.2) is 39.1 Å². The fraction of sp³-hybridized carbons (Fsp3) is 0.417. The third-order valence-electron chi connectivity index (χ3n) is 2.71. The van der Waals surface area contributed by atoms with Gasteiger partial charge in [-0.2, -0.15) is 0 Å². The molecule has 1 unspecified atom stereocenters. The van der Waals surface area contributed by atoms with Crippen molar-refractivity contribution in [1.82, 2.24) is 5.32 Å². The second kappa shape index (κ2) is 7.18. The van der Waals surface area contributed by atoms with Crippen molar-refractivity contribution in [1.29, 1.82) is 0 Å². The Kier molecular flexibility index (Phi) is 5.87. The third kappa shape index (κ3) is 4.16. The number of carbonyl (C=O) groups excluding carboxylic acids is 1. The van der Waals surface area contributed by atoms with Crippen molar-refractivity contribution < 1.29 is 19.9 Å². The Bertz CT molecular complexity index is 477. The Balaban J connectivity index is 2.82. The van der Waals surface area contributed by atoms with Gasteiger partial charge >= 0.3 is 0 Å². The first kappa shape index (κ1) is 16.4. The minimum atomic E-state index is -1.19. The molecule has 0 saturated carbocycles. The third-order valence-corrected chi connectivity index (χ3v) is 2.91. The quantitative estimate of drug-likeness (QED) is 0.407. The minimum Gasteiger partial charge on any atom is -0.394 e. The fourth-order valence-electron chi connectivity index (χ4n) is 1.55. The molecule has 3 N–H and O–H groups in total. The largest absolute Gasteiger partial charge is 0.394 e. The summed E-state index contributed by atoms with van der Waals surface area (Å²) >= 11 is 5.59. The molecule has 0 spiro atoms. The van der Waals surface area contributed by atoms with Gasteiger partial charge in [0.1, 0.15) is 11.5 Å². The smallest absolute Gasteiger partial charge is 0.269 e. The van der Waals surface area contributed by atoms with Crippen LogP contribution in [-0.2, 0) is 4.79 Å². The number of nitrogens with one attached hydrogen (secondary N) is 1. The Morgan fingerprint density at radius 2 is 2.00 bits per heavy atom. The Labute approximate surface area is 120 Å². The van der Waals surface area contributed by atoms with Gasteiger partial charge in [-0.15, -0.1) is 11.6 Å². The number of nitro benzene ring substituents is 1. The summed E-state index contributed by atoms with van der Waals surface area (Å²) in [7, 11) is 0. The number of halogens is 1. The molecule has 1 rings (SSSR count). The number of amides is 1. The number of alkyl halides is 1. The topological polar surface area (TPSA) is 113 Å². The average Bonchev–Trinajstić information content (AvgIpc) is 2.43. The highest BCUT2D eigenvalue weighted by Crippen LogP contribution is 2.20. The van der Waals surface area contributed by atoms with Crippen LogP contribution in [0, 0.1) is 10.1 Å². The molecule has 0 saturated heterocycles. The summed E-state index contributed by atoms with van der Waals surface area (Å²) in [5, 5.41) is 31.4. The molecule has 0 aliphatic rings. The van der Waals surface area contributed by atoms with Gasteiger partial charge in [-0.05, 0) is 24.6 Å². The predicted octanol–water partition coefficient (Wildman–Crippen LogP) is 0.733. The van der Waals surface area contributed by atoms with Gasteiger partial charge in [0.2, 0.25) is 5.91 Å². The molecule has 1 amide bonds. The zero-order valence-electron chi connectivity index (χ0n) is 10.7. The second-order valence-electron chi connectivity index (χ2n) is 4.21. The Morgan fingerprint density at radius 1 is 1.45 bits per heavy atom. The monoisotopic (exact) mass is 302 g/mol. The number of rotatable bonds is 6. The minimum absolute atomic E-state index is 0.111. The van der Waals surface area contributed by atoms with E-state index in [-0.39, 0.29) is 5.69 Å². The number of non-ortho nitro benzene ring substituents is 1. The number of aliphatic hydroxyl groups is 2. The van der Waals surface area contributed by atoms with Crippen molar-refractivity contribution in [2.24, 2.45) is 0 Å². The first-order valence-corrected chi connectivity index (χ1v) is 6.28. The van der Waals surface area contributed by atoms with Gasteiger partial charge in [0.05, 0.1) is 17.6 Å². The number of benzene rings is 1. The van der Waals surface area contributed by atoms with Gasteiger partial charge in [0.15, 0.2) is 0 Å². The fourth-order valence-corrected chi connectivity index (χ4v) is 1.61. The average molecular weight is 303 g/mol. The zero-order chi connectivity index (χ0) is 15.3. The normalized spacial score (nSPS) is 15.2. The van der Waals surface area contributed by atoms with Crippen molar-refractivity contribution in [3.63, 3.8) is 0 Å². The molecule has 20 heavy (non-hydrogen) atoms. The zero-order valence-corrected chi connectivity index (χ0v) is 11.4. The van der Waals surface area contributed by atoms with Crippen molar-refractivity contribution in [3.05, 3.63) is 39.9 Å². The maximum absolute atomic E-state index is 11.4. The van der Waals surface area contributed by atoms with Gasteiger partial charge in [-0.1, -0.05) is 0 Å². The molecule has 0 aliphatic carbocycles. The lowest BCUT2D eigenvalue weighted by molar-refractivity contribution is -0.384. The predicted molar refractivity (Wildman–Crippen MR) is 72.4 cm³/mol. The van der Waals surface area contributed by atoms with Crippen LogP contribution in [0.4, 0.5) is 5.69 Å². The van der Waals surface area contributed by atoms with Crippen LogP contribution in [0.1, 0.15) is 18.6 Å². The Hall–Kier alpha value is -1.70. The van der Waals surface area contributed by atoms with Crippen LogP contribution in [0.3, 0.4) is 0 Å². The standard InChI is InChI=1S/C12H15ClN2O5/c1-7(13)12(18)14-10(6-16)11(17)8-2-4-9(5-3-8)15(19)20/h2-5,7,10-11,16-17H,6H2,1H3,(H,14,18)/t7?,10-,11+/m0/s1. The number of hydrogen-bond acceptors (Lipinski definition) is 5. The van der Waals surface area contributed by atoms with E-state index in [0.29, 0.717) is 5.56 Å². The lowest BCUT2D eigenvalue weighted by Gasteiger charge is -2.23. The van der Waals surface area contributed by atoms with Gasteiger partial charge in [0.25, 0.3) is 5.69 Å². The summed E-state index contributed by atoms with van der Waals surface area (Å²) in [6.07, 6.45) is -1.19. The van der Waals surface area contributed by atoms with E-state index >= 15 is 0 Å². The summed E-state index contributed by atoms with van der Waals surface area (Å²) in [5.41, 5.74) is 0.233. The highest BCUT2D eigenvalue weighted by atomic mass is 35.5. The highest BCUT2D eigenvalue weighted by Gasteiger charge is 2.24. The van der Waals surface area contributed by atoms with Gasteiger partial charge in [-0.25, -0.2) is 0 Å². The first-order chi connectivity index (χ1) is 9.36. The molecular weight excluding hydrogens is 288 g/mol. The SMILES string of the molecule is CC(Cl)C(=O)N[C@@H](CO)[C@H](O)c1ccc([N+](=O)[O-])cc1. The summed E-state index contributed by atoms with van der Waals surface area (Å²) in [5.74, 6) is -0.522. The van der Waals surface area contributed by atoms with E-state index in [1.165, 1.54) is 31.2 Å².